The van der Waals surface area contributed by atoms with Crippen LogP contribution in [0.5, 0.6) is 0 Å². The van der Waals surface area contributed by atoms with Crippen LogP contribution in [0.15, 0.2) is 12.3 Å². The topological polar surface area (TPSA) is 68.0 Å². The molecule has 3 N–H and O–H groups in total. The molecule has 5 heteroatoms. The van der Waals surface area contributed by atoms with Crippen molar-refractivity contribution in [3.63, 3.8) is 0 Å². The van der Waals surface area contributed by atoms with Gasteiger partial charge in [0, 0.05) is 6.54 Å². The summed E-state index contributed by atoms with van der Waals surface area (Å²) in [5, 5.41) is 3.15. The summed E-state index contributed by atoms with van der Waals surface area (Å²) in [6, 6.07) is 1.56. The molecule has 0 saturated heterocycles. The van der Waals surface area contributed by atoms with Crippen LogP contribution >= 0.6 is 11.6 Å². The zero-order valence-electron chi connectivity index (χ0n) is 11.2. The molecule has 104 valence electrons. The minimum atomic E-state index is -0.198. The Bertz CT molecular complexity index is 470. The number of hydrogen-bond acceptors (Lipinski definition) is 3. The van der Waals surface area contributed by atoms with Crippen molar-refractivity contribution in [2.45, 2.75) is 39.0 Å². The normalized spacial score (nSPS) is 18.0. The highest BCUT2D eigenvalue weighted by molar-refractivity contribution is 6.32. The van der Waals surface area contributed by atoms with E-state index in [9.17, 15) is 4.79 Å². The lowest BCUT2D eigenvalue weighted by Crippen LogP contribution is -2.37. The van der Waals surface area contributed by atoms with Crippen LogP contribution in [0.3, 0.4) is 0 Å². The number of carbonyl (C=O) groups excluding carboxylic acids is 1. The van der Waals surface area contributed by atoms with Crippen LogP contribution in [-0.4, -0.2) is 17.4 Å². The van der Waals surface area contributed by atoms with Gasteiger partial charge in [-0.05, 0) is 24.3 Å². The lowest BCUT2D eigenvalue weighted by atomic mass is 9.76. The maximum absolute atomic E-state index is 12.1. The van der Waals surface area contributed by atoms with E-state index < -0.39 is 0 Å². The standard InChI is InChI=1S/C14H20ClN3O/c1-14(5-3-2-4-6-14)9-18-13(19)11-7-10(16)8-17-12(11)15/h7-8H,2-6,9,16H2,1H3,(H,18,19). The van der Waals surface area contributed by atoms with E-state index in [1.165, 1.54) is 25.5 Å². The molecule has 1 aliphatic carbocycles. The highest BCUT2D eigenvalue weighted by Gasteiger charge is 2.27. The molecular formula is C14H20ClN3O. The lowest BCUT2D eigenvalue weighted by Gasteiger charge is -2.33. The van der Waals surface area contributed by atoms with E-state index in [1.807, 2.05) is 0 Å². The fourth-order valence-corrected chi connectivity index (χ4v) is 2.78. The smallest absolute Gasteiger partial charge is 0.254 e. The highest BCUT2D eigenvalue weighted by atomic mass is 35.5. The fraction of sp³-hybridized carbons (Fsp3) is 0.571. The Labute approximate surface area is 118 Å². The van der Waals surface area contributed by atoms with Gasteiger partial charge in [0.15, 0.2) is 0 Å². The number of nitrogens with two attached hydrogens (primary N) is 1. The van der Waals surface area contributed by atoms with E-state index in [1.54, 1.807) is 6.07 Å². The van der Waals surface area contributed by atoms with Crippen molar-refractivity contribution in [1.82, 2.24) is 10.3 Å². The number of nitrogen functional groups attached to an aromatic ring is 1. The van der Waals surface area contributed by atoms with Crippen LogP contribution in [-0.2, 0) is 0 Å². The molecule has 0 spiro atoms. The summed E-state index contributed by atoms with van der Waals surface area (Å²) in [7, 11) is 0. The molecule has 0 unspecified atom stereocenters. The van der Waals surface area contributed by atoms with E-state index in [0.29, 0.717) is 17.8 Å². The van der Waals surface area contributed by atoms with E-state index in [2.05, 4.69) is 17.2 Å². The summed E-state index contributed by atoms with van der Waals surface area (Å²) >= 11 is 5.92. The Balaban J connectivity index is 1.99. The molecule has 1 saturated carbocycles. The second kappa shape index (κ2) is 5.78. The maximum atomic E-state index is 12.1. The predicted molar refractivity (Wildman–Crippen MR) is 77.2 cm³/mol. The number of halogens is 1. The molecule has 19 heavy (non-hydrogen) atoms. The van der Waals surface area contributed by atoms with E-state index in [4.69, 9.17) is 17.3 Å². The number of aromatic nitrogens is 1. The number of anilines is 1. The number of carbonyl (C=O) groups is 1. The molecular weight excluding hydrogens is 262 g/mol. The van der Waals surface area contributed by atoms with Crippen molar-refractivity contribution in [3.05, 3.63) is 23.0 Å². The molecule has 1 aliphatic rings. The number of hydrogen-bond donors (Lipinski definition) is 2. The van der Waals surface area contributed by atoms with Gasteiger partial charge in [-0.3, -0.25) is 4.79 Å². The van der Waals surface area contributed by atoms with Gasteiger partial charge in [0.05, 0.1) is 17.4 Å². The minimum absolute atomic E-state index is 0.195. The first-order chi connectivity index (χ1) is 9.00. The van der Waals surface area contributed by atoms with Crippen molar-refractivity contribution < 1.29 is 4.79 Å². The molecule has 0 bridgehead atoms. The monoisotopic (exact) mass is 281 g/mol. The third kappa shape index (κ3) is 3.60. The molecule has 2 rings (SSSR count). The molecule has 1 heterocycles. The van der Waals surface area contributed by atoms with Crippen LogP contribution in [0.1, 0.15) is 49.4 Å². The molecule has 1 fully saturated rings. The molecule has 0 aliphatic heterocycles. The lowest BCUT2D eigenvalue weighted by molar-refractivity contribution is 0.0919. The summed E-state index contributed by atoms with van der Waals surface area (Å²) in [5.74, 6) is -0.198. The first-order valence-corrected chi connectivity index (χ1v) is 7.07. The third-order valence-corrected chi connectivity index (χ3v) is 4.14. The highest BCUT2D eigenvalue weighted by Crippen LogP contribution is 2.35. The summed E-state index contributed by atoms with van der Waals surface area (Å²) in [6.45, 7) is 2.91. The SMILES string of the molecule is CC1(CNC(=O)c2cc(N)cnc2Cl)CCCCC1. The van der Waals surface area contributed by atoms with Gasteiger partial charge >= 0.3 is 0 Å². The zero-order chi connectivity index (χ0) is 13.9. The van der Waals surface area contributed by atoms with Gasteiger partial charge in [0.2, 0.25) is 0 Å². The predicted octanol–water partition coefficient (Wildman–Crippen LogP) is 3.02. The quantitative estimate of drug-likeness (QED) is 0.837. The Hall–Kier alpha value is -1.29. The summed E-state index contributed by atoms with van der Waals surface area (Å²) in [5.41, 5.74) is 6.62. The summed E-state index contributed by atoms with van der Waals surface area (Å²) in [4.78, 5) is 16.0. The minimum Gasteiger partial charge on any atom is -0.397 e. The largest absolute Gasteiger partial charge is 0.397 e. The molecule has 1 amide bonds. The van der Waals surface area contributed by atoms with Crippen LogP contribution in [0.4, 0.5) is 5.69 Å². The average molecular weight is 282 g/mol. The Morgan fingerprint density at radius 2 is 2.16 bits per heavy atom. The first kappa shape index (κ1) is 14.1. The number of rotatable bonds is 3. The molecule has 1 aromatic heterocycles. The zero-order valence-corrected chi connectivity index (χ0v) is 12.0. The van der Waals surface area contributed by atoms with Crippen LogP contribution in [0.25, 0.3) is 0 Å². The van der Waals surface area contributed by atoms with Crippen molar-refractivity contribution in [2.24, 2.45) is 5.41 Å². The third-order valence-electron chi connectivity index (χ3n) is 3.84. The van der Waals surface area contributed by atoms with Crippen molar-refractivity contribution in [1.29, 1.82) is 0 Å². The van der Waals surface area contributed by atoms with Crippen LogP contribution < -0.4 is 11.1 Å². The first-order valence-electron chi connectivity index (χ1n) is 6.69. The van der Waals surface area contributed by atoms with Gasteiger partial charge in [0.25, 0.3) is 5.91 Å². The van der Waals surface area contributed by atoms with Gasteiger partial charge in [-0.2, -0.15) is 0 Å². The Morgan fingerprint density at radius 1 is 1.47 bits per heavy atom. The van der Waals surface area contributed by atoms with Crippen molar-refractivity contribution >= 4 is 23.2 Å². The molecule has 0 aromatic carbocycles. The second-order valence-electron chi connectivity index (χ2n) is 5.66. The van der Waals surface area contributed by atoms with Gasteiger partial charge in [-0.1, -0.05) is 37.8 Å². The molecule has 4 nitrogen and oxygen atoms in total. The number of pyridine rings is 1. The Morgan fingerprint density at radius 3 is 2.84 bits per heavy atom. The van der Waals surface area contributed by atoms with Crippen molar-refractivity contribution in [3.8, 4) is 0 Å². The molecule has 0 atom stereocenters. The van der Waals surface area contributed by atoms with E-state index >= 15 is 0 Å². The summed E-state index contributed by atoms with van der Waals surface area (Å²) < 4.78 is 0. The second-order valence-corrected chi connectivity index (χ2v) is 6.02. The van der Waals surface area contributed by atoms with Gasteiger partial charge in [-0.25, -0.2) is 4.98 Å². The number of nitrogens with zero attached hydrogens (tertiary/aromatic N) is 1. The van der Waals surface area contributed by atoms with Crippen molar-refractivity contribution in [2.75, 3.05) is 12.3 Å². The van der Waals surface area contributed by atoms with Gasteiger partial charge in [0.1, 0.15) is 5.15 Å². The Kier molecular flexibility index (Phi) is 4.30. The molecule has 1 aromatic rings. The maximum Gasteiger partial charge on any atom is 0.254 e. The molecule has 0 radical (unpaired) electrons. The number of nitrogens with one attached hydrogen (secondary N) is 1. The summed E-state index contributed by atoms with van der Waals surface area (Å²) in [6.07, 6.45) is 7.56. The van der Waals surface area contributed by atoms with E-state index in [0.717, 1.165) is 12.8 Å². The number of amides is 1. The fourth-order valence-electron chi connectivity index (χ4n) is 2.59. The van der Waals surface area contributed by atoms with E-state index in [-0.39, 0.29) is 16.5 Å². The van der Waals surface area contributed by atoms with Gasteiger partial charge < -0.3 is 11.1 Å². The van der Waals surface area contributed by atoms with Gasteiger partial charge in [-0.15, -0.1) is 0 Å². The van der Waals surface area contributed by atoms with Crippen LogP contribution in [0, 0.1) is 5.41 Å². The average Bonchev–Trinajstić information content (AvgIpc) is 2.40. The van der Waals surface area contributed by atoms with Crippen LogP contribution in [0.2, 0.25) is 5.15 Å².